The first-order chi connectivity index (χ1) is 5.75. The maximum Gasteiger partial charge on any atom is 0.485 e. The number of nitrogens with zero attached hydrogens (tertiary/aromatic N) is 1. The van der Waals surface area contributed by atoms with Gasteiger partial charge in [-0.2, -0.15) is 13.2 Å². The lowest BCUT2D eigenvalue weighted by Crippen LogP contribution is -2.65. The Balaban J connectivity index is 0.000000243. The van der Waals surface area contributed by atoms with Crippen LogP contribution >= 0.6 is 0 Å². The molecule has 0 aliphatic carbocycles. The van der Waals surface area contributed by atoms with Crippen molar-refractivity contribution in [2.24, 2.45) is 5.11 Å². The van der Waals surface area contributed by atoms with Crippen molar-refractivity contribution < 1.29 is 31.3 Å². The molecule has 0 saturated carbocycles. The van der Waals surface area contributed by atoms with E-state index in [4.69, 9.17) is 13.0 Å². The van der Waals surface area contributed by atoms with Gasteiger partial charge in [-0.1, -0.05) is 0 Å². The van der Waals surface area contributed by atoms with Gasteiger partial charge in [-0.25, -0.2) is 13.7 Å². The van der Waals surface area contributed by atoms with Gasteiger partial charge in [0.2, 0.25) is 6.67 Å². The summed E-state index contributed by atoms with van der Waals surface area (Å²) in [4.78, 5) is 0. The smallest absolute Gasteiger partial charge is 0.485 e. The summed E-state index contributed by atoms with van der Waals surface area (Å²) in [7, 11) is -6.09. The predicted octanol–water partition coefficient (Wildman–Crippen LogP) is -1.91. The molecule has 1 rings (SSSR count). The molecular formula is C3H6F3N3O3S. The molecule has 78 valence electrons. The minimum Gasteiger partial charge on any atom is -0.741 e. The van der Waals surface area contributed by atoms with E-state index in [2.05, 4.69) is 15.5 Å². The Morgan fingerprint density at radius 3 is 2.00 bits per heavy atom. The van der Waals surface area contributed by atoms with Gasteiger partial charge in [-0.3, -0.25) is 0 Å². The Morgan fingerprint density at radius 1 is 1.46 bits per heavy atom. The highest BCUT2D eigenvalue weighted by molar-refractivity contribution is 7.86. The third-order valence-corrected chi connectivity index (χ3v) is 1.36. The fourth-order valence-corrected chi connectivity index (χ4v) is 0.280. The fraction of sp³-hybridized carbons (Fsp3) is 1.00. The molecule has 0 spiro atoms. The molecule has 0 aromatic rings. The van der Waals surface area contributed by atoms with Crippen LogP contribution in [0.15, 0.2) is 5.11 Å². The second-order valence-electron chi connectivity index (χ2n) is 1.80. The number of azo groups is 1. The van der Waals surface area contributed by atoms with Gasteiger partial charge in [0.1, 0.15) is 0 Å². The van der Waals surface area contributed by atoms with E-state index in [0.29, 0.717) is 0 Å². The van der Waals surface area contributed by atoms with Gasteiger partial charge < -0.3 is 4.55 Å². The van der Waals surface area contributed by atoms with Crippen LogP contribution < -0.4 is 10.4 Å². The van der Waals surface area contributed by atoms with Gasteiger partial charge >= 0.3 is 5.51 Å². The van der Waals surface area contributed by atoms with Crippen molar-refractivity contribution in [1.29, 1.82) is 0 Å². The highest BCUT2D eigenvalue weighted by Gasteiger charge is 2.36. The Hall–Kier alpha value is -0.740. The first-order valence-corrected chi connectivity index (χ1v) is 4.28. The average Bonchev–Trinajstić information content (AvgIpc) is 2.35. The zero-order chi connectivity index (χ0) is 10.5. The molecule has 6 nitrogen and oxygen atoms in total. The van der Waals surface area contributed by atoms with Crippen LogP contribution in [-0.2, 0) is 10.1 Å². The second-order valence-corrected chi connectivity index (χ2v) is 3.17. The van der Waals surface area contributed by atoms with E-state index in [1.807, 2.05) is 0 Å². The number of hydrogen-bond acceptors (Lipinski definition) is 5. The molecule has 0 radical (unpaired) electrons. The molecule has 10 heteroatoms. The quantitative estimate of drug-likeness (QED) is 0.368. The largest absolute Gasteiger partial charge is 0.741 e. The summed E-state index contributed by atoms with van der Waals surface area (Å²) in [6.07, 6.45) is 0. The predicted molar refractivity (Wildman–Crippen MR) is 32.0 cm³/mol. The lowest BCUT2D eigenvalue weighted by atomic mass is 11.1. The fourth-order valence-electron chi connectivity index (χ4n) is 0.280. The molecule has 0 aromatic carbocycles. The molecule has 13 heavy (non-hydrogen) atoms. The summed E-state index contributed by atoms with van der Waals surface area (Å²) >= 11 is 0. The minimum atomic E-state index is -6.09. The first-order valence-electron chi connectivity index (χ1n) is 2.87. The normalized spacial score (nSPS) is 16.6. The molecule has 0 saturated heterocycles. The SMILES string of the molecule is C1N=[NH+]CN1.O=S(=O)([O-])C(F)(F)F. The third-order valence-electron chi connectivity index (χ3n) is 0.790. The number of nitrogens with one attached hydrogen (secondary N) is 2. The number of alkyl halides is 3. The minimum absolute atomic E-state index is 0.764. The number of rotatable bonds is 0. The van der Waals surface area contributed by atoms with E-state index in [-0.39, 0.29) is 0 Å². The Morgan fingerprint density at radius 2 is 1.92 bits per heavy atom. The molecule has 0 amide bonds. The van der Waals surface area contributed by atoms with Crippen LogP contribution in [0.3, 0.4) is 0 Å². The average molecular weight is 221 g/mol. The summed E-state index contributed by atoms with van der Waals surface area (Å²) in [5, 5.41) is 9.40. The number of halogens is 3. The maximum atomic E-state index is 10.7. The van der Waals surface area contributed by atoms with Crippen LogP contribution in [0, 0.1) is 0 Å². The van der Waals surface area contributed by atoms with Crippen LogP contribution in [-0.4, -0.2) is 31.8 Å². The van der Waals surface area contributed by atoms with E-state index in [1.54, 1.807) is 0 Å². The second kappa shape index (κ2) is 4.48. The van der Waals surface area contributed by atoms with Crippen molar-refractivity contribution in [1.82, 2.24) is 5.32 Å². The summed E-state index contributed by atoms with van der Waals surface area (Å²) < 4.78 is 58.9. The third kappa shape index (κ3) is 5.49. The summed E-state index contributed by atoms with van der Waals surface area (Å²) in [5.74, 6) is 0. The van der Waals surface area contributed by atoms with E-state index >= 15 is 0 Å². The van der Waals surface area contributed by atoms with Gasteiger partial charge in [0.25, 0.3) is 0 Å². The van der Waals surface area contributed by atoms with Crippen molar-refractivity contribution in [3.63, 3.8) is 0 Å². The Bertz CT molecular complexity index is 265. The highest BCUT2D eigenvalue weighted by atomic mass is 32.2. The number of hydrogen-bond donors (Lipinski definition) is 2. The molecule has 1 aliphatic heterocycles. The van der Waals surface area contributed by atoms with Crippen molar-refractivity contribution in [3.8, 4) is 0 Å². The lowest BCUT2D eigenvalue weighted by molar-refractivity contribution is -0.519. The van der Waals surface area contributed by atoms with E-state index < -0.39 is 15.6 Å². The standard InChI is InChI=1S/C2H5N3.CHF3O3S/c1-3-2-5-4-1;2-1(3,4)8(5,6)7/h3H,1-2H2;(H,5,6,7). The van der Waals surface area contributed by atoms with Gasteiger partial charge in [-0.15, -0.1) is 5.11 Å². The van der Waals surface area contributed by atoms with Crippen molar-refractivity contribution in [2.45, 2.75) is 5.51 Å². The maximum absolute atomic E-state index is 10.7. The van der Waals surface area contributed by atoms with Crippen molar-refractivity contribution in [3.05, 3.63) is 0 Å². The van der Waals surface area contributed by atoms with E-state index in [0.717, 1.165) is 13.3 Å². The molecule has 0 atom stereocenters. The molecule has 1 heterocycles. The molecule has 0 aromatic heterocycles. The van der Waals surface area contributed by atoms with Crippen LogP contribution in [0.1, 0.15) is 0 Å². The first kappa shape index (κ1) is 12.3. The zero-order valence-electron chi connectivity index (χ0n) is 6.13. The summed E-state index contributed by atoms with van der Waals surface area (Å²) in [5.41, 5.74) is -5.65. The van der Waals surface area contributed by atoms with Gasteiger partial charge in [0, 0.05) is 0 Å². The van der Waals surface area contributed by atoms with Crippen LogP contribution in [0.2, 0.25) is 0 Å². The molecule has 1 aliphatic rings. The Labute approximate surface area is 71.6 Å². The van der Waals surface area contributed by atoms with Crippen molar-refractivity contribution >= 4 is 10.1 Å². The molecule has 0 bridgehead atoms. The van der Waals surface area contributed by atoms with Gasteiger partial charge in [0.15, 0.2) is 16.8 Å². The summed E-state index contributed by atoms with van der Waals surface area (Å²) in [6.45, 7) is 1.60. The lowest BCUT2D eigenvalue weighted by Gasteiger charge is -2.08. The van der Waals surface area contributed by atoms with Gasteiger partial charge in [-0.05, 0) is 5.11 Å². The highest BCUT2D eigenvalue weighted by Crippen LogP contribution is 2.20. The zero-order valence-corrected chi connectivity index (χ0v) is 6.94. The van der Waals surface area contributed by atoms with E-state index in [9.17, 15) is 13.2 Å². The monoisotopic (exact) mass is 221 g/mol. The van der Waals surface area contributed by atoms with Gasteiger partial charge in [0.05, 0.1) is 0 Å². The van der Waals surface area contributed by atoms with E-state index in [1.165, 1.54) is 0 Å². The van der Waals surface area contributed by atoms with Crippen LogP contribution in [0.5, 0.6) is 0 Å². The van der Waals surface area contributed by atoms with Crippen molar-refractivity contribution in [2.75, 3.05) is 13.3 Å². The molecule has 0 fully saturated rings. The molecule has 2 N–H and O–H groups in total. The molecular weight excluding hydrogens is 215 g/mol. The van der Waals surface area contributed by atoms with Crippen LogP contribution in [0.4, 0.5) is 13.2 Å². The topological polar surface area (TPSA) is 95.6 Å². The summed E-state index contributed by atoms with van der Waals surface area (Å²) in [6, 6.07) is 0. The van der Waals surface area contributed by atoms with Crippen LogP contribution in [0.25, 0.3) is 0 Å². The molecule has 0 unspecified atom stereocenters. The Kier molecular flexibility index (Phi) is 4.23.